The Balaban J connectivity index is 2.01. The van der Waals surface area contributed by atoms with E-state index in [1.807, 2.05) is 13.0 Å². The Morgan fingerprint density at radius 3 is 2.92 bits per heavy atom. The summed E-state index contributed by atoms with van der Waals surface area (Å²) in [5.74, 6) is 0.0231. The monoisotopic (exact) mass is 194 g/mol. The summed E-state index contributed by atoms with van der Waals surface area (Å²) in [5, 5.41) is 4.61. The number of hydrogen-bond acceptors (Lipinski definition) is 3. The minimum Gasteiger partial charge on any atom is -0.313 e. The van der Waals surface area contributed by atoms with Crippen LogP contribution in [0.1, 0.15) is 17.8 Å². The number of hydrogen-bond donors (Lipinski definition) is 1. The first-order valence-electron chi connectivity index (χ1n) is 4.18. The van der Waals surface area contributed by atoms with Crippen LogP contribution >= 0.6 is 11.3 Å². The van der Waals surface area contributed by atoms with E-state index in [4.69, 9.17) is 0 Å². The van der Waals surface area contributed by atoms with Gasteiger partial charge in [-0.25, -0.2) is 4.98 Å². The molecule has 4 heteroatoms. The lowest BCUT2D eigenvalue weighted by atomic mass is 9.99. The molecule has 0 unspecified atom stereocenters. The van der Waals surface area contributed by atoms with Gasteiger partial charge in [-0.3, -0.25) is 4.79 Å². The molecular weight excluding hydrogens is 184 g/mol. The number of carbonyl (C=O) groups excluding carboxylic acids is 1. The van der Waals surface area contributed by atoms with Gasteiger partial charge in [0.15, 0.2) is 0 Å². The molecule has 0 saturated heterocycles. The quantitative estimate of drug-likeness (QED) is 0.783. The average molecular weight is 194 g/mol. The molecule has 1 aromatic rings. The Kier molecular flexibility index (Phi) is 2.14. The first-order valence-corrected chi connectivity index (χ1v) is 5.00. The maximum absolute atomic E-state index is 11.4. The summed E-state index contributed by atoms with van der Waals surface area (Å²) in [5.41, 5.74) is 0.894. The molecule has 68 valence electrons. The molecule has 1 amide bonds. The normalized spacial score (nSPS) is 14.7. The summed E-state index contributed by atoms with van der Waals surface area (Å²) in [7, 11) is 0. The van der Waals surface area contributed by atoms with Crippen molar-refractivity contribution < 1.29 is 4.79 Å². The van der Waals surface area contributed by atoms with Gasteiger partial charge in [0, 0.05) is 5.57 Å². The van der Waals surface area contributed by atoms with Crippen molar-refractivity contribution in [3.8, 4) is 0 Å². The fourth-order valence-corrected chi connectivity index (χ4v) is 1.78. The maximum Gasteiger partial charge on any atom is 0.251 e. The Labute approximate surface area is 80.5 Å². The highest BCUT2D eigenvalue weighted by molar-refractivity contribution is 7.15. The molecule has 1 heterocycles. The number of nitrogens with zero attached hydrogens (tertiary/aromatic N) is 1. The predicted octanol–water partition coefficient (Wildman–Crippen LogP) is 2.11. The van der Waals surface area contributed by atoms with Crippen LogP contribution in [0.2, 0.25) is 0 Å². The van der Waals surface area contributed by atoms with Crippen molar-refractivity contribution in [2.45, 2.75) is 19.8 Å². The van der Waals surface area contributed by atoms with Crippen molar-refractivity contribution in [3.63, 3.8) is 0 Å². The van der Waals surface area contributed by atoms with Gasteiger partial charge in [0.2, 0.25) is 0 Å². The third-order valence-electron chi connectivity index (χ3n) is 1.95. The molecule has 0 saturated carbocycles. The maximum atomic E-state index is 11.4. The van der Waals surface area contributed by atoms with E-state index < -0.39 is 0 Å². The zero-order valence-electron chi connectivity index (χ0n) is 7.33. The number of anilines is 1. The second-order valence-corrected chi connectivity index (χ2v) is 4.20. The van der Waals surface area contributed by atoms with Crippen LogP contribution in [-0.4, -0.2) is 10.9 Å². The van der Waals surface area contributed by atoms with Crippen LogP contribution < -0.4 is 5.32 Å². The van der Waals surface area contributed by atoms with Crippen molar-refractivity contribution in [2.75, 3.05) is 5.32 Å². The van der Waals surface area contributed by atoms with Gasteiger partial charge in [-0.15, -0.1) is 11.3 Å². The van der Waals surface area contributed by atoms with Crippen molar-refractivity contribution in [2.24, 2.45) is 0 Å². The highest BCUT2D eigenvalue weighted by Gasteiger charge is 2.15. The summed E-state index contributed by atoms with van der Waals surface area (Å²) in [6.45, 7) is 1.92. The zero-order chi connectivity index (χ0) is 9.26. The number of aryl methyl sites for hydroxylation is 1. The van der Waals surface area contributed by atoms with Gasteiger partial charge < -0.3 is 5.32 Å². The molecule has 0 bridgehead atoms. The molecule has 0 fully saturated rings. The van der Waals surface area contributed by atoms with E-state index in [9.17, 15) is 4.79 Å². The molecule has 1 aromatic heterocycles. The van der Waals surface area contributed by atoms with Crippen molar-refractivity contribution in [1.82, 2.24) is 4.98 Å². The second-order valence-electron chi connectivity index (χ2n) is 2.97. The average Bonchev–Trinajstić information content (AvgIpc) is 2.31. The van der Waals surface area contributed by atoms with Gasteiger partial charge in [0.1, 0.15) is 5.00 Å². The summed E-state index contributed by atoms with van der Waals surface area (Å²) in [6.07, 6.45) is 5.59. The van der Waals surface area contributed by atoms with E-state index in [0.717, 1.165) is 28.4 Å². The van der Waals surface area contributed by atoms with Crippen molar-refractivity contribution >= 4 is 22.2 Å². The first-order chi connectivity index (χ1) is 6.25. The lowest BCUT2D eigenvalue weighted by Gasteiger charge is -2.12. The predicted molar refractivity (Wildman–Crippen MR) is 52.8 cm³/mol. The third-order valence-corrected chi connectivity index (χ3v) is 2.78. The van der Waals surface area contributed by atoms with Gasteiger partial charge >= 0.3 is 0 Å². The minimum atomic E-state index is 0.0231. The minimum absolute atomic E-state index is 0.0231. The molecule has 13 heavy (non-hydrogen) atoms. The Bertz CT molecular complexity index is 367. The molecule has 0 spiro atoms. The van der Waals surface area contributed by atoms with E-state index in [0.29, 0.717) is 0 Å². The standard InChI is InChI=1S/C9H10N2OS/c1-6-10-5-8(13-6)11-9(12)7-3-2-4-7/h3,5H,2,4H2,1H3,(H,11,12). The molecule has 1 N–H and O–H groups in total. The van der Waals surface area contributed by atoms with Crippen LogP contribution in [0.3, 0.4) is 0 Å². The van der Waals surface area contributed by atoms with Crippen molar-refractivity contribution in [3.05, 3.63) is 22.9 Å². The van der Waals surface area contributed by atoms with Crippen molar-refractivity contribution in [1.29, 1.82) is 0 Å². The number of aromatic nitrogens is 1. The number of rotatable bonds is 2. The Morgan fingerprint density at radius 1 is 1.69 bits per heavy atom. The van der Waals surface area contributed by atoms with E-state index in [1.54, 1.807) is 6.20 Å². The molecular formula is C9H10N2OS. The van der Waals surface area contributed by atoms with E-state index >= 15 is 0 Å². The summed E-state index contributed by atoms with van der Waals surface area (Å²) < 4.78 is 0. The molecule has 1 aliphatic carbocycles. The number of thiazole rings is 1. The largest absolute Gasteiger partial charge is 0.313 e. The van der Waals surface area contributed by atoms with Gasteiger partial charge in [0.05, 0.1) is 11.2 Å². The second kappa shape index (κ2) is 3.30. The molecule has 0 aromatic carbocycles. The molecule has 3 nitrogen and oxygen atoms in total. The van der Waals surface area contributed by atoms with Gasteiger partial charge in [-0.1, -0.05) is 6.08 Å². The number of carbonyl (C=O) groups is 1. The van der Waals surface area contributed by atoms with Gasteiger partial charge in [0.25, 0.3) is 5.91 Å². The topological polar surface area (TPSA) is 42.0 Å². The fourth-order valence-electron chi connectivity index (χ4n) is 1.11. The van der Waals surface area contributed by atoms with Gasteiger partial charge in [-0.05, 0) is 19.8 Å². The van der Waals surface area contributed by atoms with E-state index in [2.05, 4.69) is 10.3 Å². The van der Waals surface area contributed by atoms with Gasteiger partial charge in [-0.2, -0.15) is 0 Å². The van der Waals surface area contributed by atoms with Crippen LogP contribution in [0, 0.1) is 6.92 Å². The lowest BCUT2D eigenvalue weighted by molar-refractivity contribution is -0.113. The SMILES string of the molecule is Cc1ncc(NC(=O)C2=CCC2)s1. The van der Waals surface area contributed by atoms with Crippen LogP contribution in [0.25, 0.3) is 0 Å². The fraction of sp³-hybridized carbons (Fsp3) is 0.333. The highest BCUT2D eigenvalue weighted by Crippen LogP contribution is 2.22. The molecule has 1 aliphatic rings. The van der Waals surface area contributed by atoms with Crippen LogP contribution in [0.5, 0.6) is 0 Å². The first kappa shape index (κ1) is 8.44. The number of allylic oxidation sites excluding steroid dienone is 1. The van der Waals surface area contributed by atoms with Crippen LogP contribution in [0.15, 0.2) is 17.8 Å². The summed E-state index contributed by atoms with van der Waals surface area (Å²) >= 11 is 1.50. The molecule has 2 rings (SSSR count). The summed E-state index contributed by atoms with van der Waals surface area (Å²) in [6, 6.07) is 0. The molecule has 0 radical (unpaired) electrons. The molecule has 0 aliphatic heterocycles. The molecule has 0 atom stereocenters. The van der Waals surface area contributed by atoms with E-state index in [1.165, 1.54) is 11.3 Å². The lowest BCUT2D eigenvalue weighted by Crippen LogP contribution is -2.16. The third kappa shape index (κ3) is 1.78. The zero-order valence-corrected chi connectivity index (χ0v) is 8.15. The Hall–Kier alpha value is -1.16. The number of nitrogens with one attached hydrogen (secondary N) is 1. The Morgan fingerprint density at radius 2 is 2.46 bits per heavy atom. The van der Waals surface area contributed by atoms with E-state index in [-0.39, 0.29) is 5.91 Å². The highest BCUT2D eigenvalue weighted by atomic mass is 32.1. The summed E-state index contributed by atoms with van der Waals surface area (Å²) in [4.78, 5) is 15.5. The van der Waals surface area contributed by atoms with Crippen LogP contribution in [-0.2, 0) is 4.79 Å². The number of amides is 1. The smallest absolute Gasteiger partial charge is 0.251 e. The van der Waals surface area contributed by atoms with Crippen LogP contribution in [0.4, 0.5) is 5.00 Å².